The average molecular weight is 274 g/mol. The van der Waals surface area contributed by atoms with Crippen molar-refractivity contribution < 1.29 is 4.74 Å². The predicted molar refractivity (Wildman–Crippen MR) is 82.1 cm³/mol. The first kappa shape index (κ1) is 13.9. The van der Waals surface area contributed by atoms with Gasteiger partial charge in [-0.25, -0.2) is 0 Å². The minimum absolute atomic E-state index is 0.617. The molecule has 110 valence electrons. The van der Waals surface area contributed by atoms with Crippen molar-refractivity contribution in [2.24, 2.45) is 17.6 Å². The topological polar surface area (TPSA) is 38.5 Å². The highest BCUT2D eigenvalue weighted by molar-refractivity contribution is 5.37. The number of rotatable bonds is 3. The first-order chi connectivity index (χ1) is 9.78. The van der Waals surface area contributed by atoms with E-state index >= 15 is 0 Å². The summed E-state index contributed by atoms with van der Waals surface area (Å²) < 4.78 is 5.76. The lowest BCUT2D eigenvalue weighted by Gasteiger charge is -2.39. The Kier molecular flexibility index (Phi) is 4.27. The first-order valence-corrected chi connectivity index (χ1v) is 7.92. The van der Waals surface area contributed by atoms with Gasteiger partial charge in [0.1, 0.15) is 5.75 Å². The molecule has 3 nitrogen and oxygen atoms in total. The predicted octanol–water partition coefficient (Wildman–Crippen LogP) is 2.47. The summed E-state index contributed by atoms with van der Waals surface area (Å²) in [6.07, 6.45) is 2.42. The van der Waals surface area contributed by atoms with Crippen LogP contribution >= 0.6 is 0 Å². The number of likely N-dealkylation sites (tertiary alicyclic amines) is 1. The summed E-state index contributed by atoms with van der Waals surface area (Å²) in [4.78, 5) is 2.62. The van der Waals surface area contributed by atoms with Gasteiger partial charge in [0.05, 0.1) is 6.61 Å². The lowest BCUT2D eigenvalue weighted by atomic mass is 9.85. The van der Waals surface area contributed by atoms with Gasteiger partial charge in [-0.3, -0.25) is 0 Å². The van der Waals surface area contributed by atoms with E-state index in [2.05, 4.69) is 36.1 Å². The highest BCUT2D eigenvalue weighted by Crippen LogP contribution is 2.35. The molecule has 1 aromatic rings. The van der Waals surface area contributed by atoms with Gasteiger partial charge in [0.15, 0.2) is 0 Å². The van der Waals surface area contributed by atoms with E-state index in [-0.39, 0.29) is 0 Å². The van der Waals surface area contributed by atoms with Crippen LogP contribution in [-0.2, 0) is 0 Å². The van der Waals surface area contributed by atoms with Crippen molar-refractivity contribution in [2.45, 2.75) is 25.7 Å². The fraction of sp³-hybridized carbons (Fsp3) is 0.647. The molecule has 0 spiro atoms. The molecule has 2 aliphatic rings. The van der Waals surface area contributed by atoms with Crippen LogP contribution in [0.5, 0.6) is 5.75 Å². The first-order valence-electron chi connectivity index (χ1n) is 7.92. The van der Waals surface area contributed by atoms with Crippen LogP contribution in [0, 0.1) is 11.8 Å². The molecule has 0 aromatic heterocycles. The molecule has 0 aliphatic carbocycles. The standard InChI is InChI=1S/C17H26N2O/c1-13-6-8-19(12-15(13)10-18)11-14-7-9-20-17-5-3-2-4-16(14)17/h2-5,13-15H,6-12,18H2,1H3. The van der Waals surface area contributed by atoms with E-state index in [1.165, 1.54) is 18.5 Å². The SMILES string of the molecule is CC1CCN(CC2CCOc3ccccc32)CC1CN. The molecule has 3 heteroatoms. The van der Waals surface area contributed by atoms with Crippen LogP contribution in [0.3, 0.4) is 0 Å². The van der Waals surface area contributed by atoms with Gasteiger partial charge in [-0.15, -0.1) is 0 Å². The Morgan fingerprint density at radius 2 is 2.15 bits per heavy atom. The van der Waals surface area contributed by atoms with Gasteiger partial charge in [-0.05, 0) is 49.4 Å². The zero-order valence-corrected chi connectivity index (χ0v) is 12.4. The lowest BCUT2D eigenvalue weighted by molar-refractivity contribution is 0.118. The Hall–Kier alpha value is -1.06. The Labute approximate surface area is 122 Å². The van der Waals surface area contributed by atoms with Crippen LogP contribution in [0.15, 0.2) is 24.3 Å². The maximum absolute atomic E-state index is 5.92. The normalized spacial score (nSPS) is 30.6. The summed E-state index contributed by atoms with van der Waals surface area (Å²) in [6, 6.07) is 8.52. The van der Waals surface area contributed by atoms with Crippen LogP contribution in [0.1, 0.15) is 31.2 Å². The molecule has 3 atom stereocenters. The maximum atomic E-state index is 5.92. The van der Waals surface area contributed by atoms with Crippen LogP contribution in [-0.4, -0.2) is 37.7 Å². The Morgan fingerprint density at radius 3 is 3.00 bits per heavy atom. The van der Waals surface area contributed by atoms with E-state index in [0.29, 0.717) is 11.8 Å². The van der Waals surface area contributed by atoms with Gasteiger partial charge < -0.3 is 15.4 Å². The molecule has 1 saturated heterocycles. The van der Waals surface area contributed by atoms with Crippen LogP contribution in [0.25, 0.3) is 0 Å². The highest BCUT2D eigenvalue weighted by Gasteiger charge is 2.28. The van der Waals surface area contributed by atoms with E-state index in [9.17, 15) is 0 Å². The molecule has 1 fully saturated rings. The average Bonchev–Trinajstić information content (AvgIpc) is 2.49. The third-order valence-corrected chi connectivity index (χ3v) is 5.06. The van der Waals surface area contributed by atoms with Crippen LogP contribution in [0.2, 0.25) is 0 Å². The second-order valence-corrected chi connectivity index (χ2v) is 6.39. The molecule has 0 amide bonds. The second kappa shape index (κ2) is 6.15. The van der Waals surface area contributed by atoms with E-state index in [0.717, 1.165) is 44.3 Å². The van der Waals surface area contributed by atoms with E-state index < -0.39 is 0 Å². The largest absolute Gasteiger partial charge is 0.493 e. The van der Waals surface area contributed by atoms with Crippen LogP contribution < -0.4 is 10.5 Å². The number of hydrogen-bond acceptors (Lipinski definition) is 3. The molecular formula is C17H26N2O. The van der Waals surface area contributed by atoms with Crippen molar-refractivity contribution in [1.82, 2.24) is 4.90 Å². The Balaban J connectivity index is 1.67. The van der Waals surface area contributed by atoms with Crippen molar-refractivity contribution in [3.8, 4) is 5.75 Å². The second-order valence-electron chi connectivity index (χ2n) is 6.39. The van der Waals surface area contributed by atoms with Crippen molar-refractivity contribution in [2.75, 3.05) is 32.8 Å². The molecule has 3 unspecified atom stereocenters. The molecule has 2 aliphatic heterocycles. The van der Waals surface area contributed by atoms with Gasteiger partial charge >= 0.3 is 0 Å². The molecule has 2 heterocycles. The summed E-state index contributed by atoms with van der Waals surface area (Å²) in [5.41, 5.74) is 7.31. The molecular weight excluding hydrogens is 248 g/mol. The van der Waals surface area contributed by atoms with Crippen LogP contribution in [0.4, 0.5) is 0 Å². The third-order valence-electron chi connectivity index (χ3n) is 5.06. The lowest BCUT2D eigenvalue weighted by Crippen LogP contribution is -2.44. The Bertz CT molecular complexity index is 448. The molecule has 0 saturated carbocycles. The zero-order valence-electron chi connectivity index (χ0n) is 12.4. The van der Waals surface area contributed by atoms with Gasteiger partial charge in [-0.2, -0.15) is 0 Å². The summed E-state index contributed by atoms with van der Waals surface area (Å²) in [5.74, 6) is 3.15. The summed E-state index contributed by atoms with van der Waals surface area (Å²) >= 11 is 0. The maximum Gasteiger partial charge on any atom is 0.122 e. The molecule has 0 bridgehead atoms. The number of para-hydroxylation sites is 1. The third kappa shape index (κ3) is 2.84. The number of fused-ring (bicyclic) bond motifs is 1. The quantitative estimate of drug-likeness (QED) is 0.920. The van der Waals surface area contributed by atoms with E-state index in [1.807, 2.05) is 0 Å². The number of hydrogen-bond donors (Lipinski definition) is 1. The van der Waals surface area contributed by atoms with Crippen molar-refractivity contribution in [3.05, 3.63) is 29.8 Å². The molecule has 0 radical (unpaired) electrons. The van der Waals surface area contributed by atoms with Crippen molar-refractivity contribution in [3.63, 3.8) is 0 Å². The van der Waals surface area contributed by atoms with Gasteiger partial charge in [0, 0.05) is 19.0 Å². The minimum atomic E-state index is 0.617. The summed E-state index contributed by atoms with van der Waals surface area (Å²) in [6.45, 7) is 7.56. The smallest absolute Gasteiger partial charge is 0.122 e. The molecule has 3 rings (SSSR count). The van der Waals surface area contributed by atoms with Gasteiger partial charge in [0.2, 0.25) is 0 Å². The number of ether oxygens (including phenoxy) is 1. The van der Waals surface area contributed by atoms with Crippen molar-refractivity contribution >= 4 is 0 Å². The fourth-order valence-corrected chi connectivity index (χ4v) is 3.61. The summed E-state index contributed by atoms with van der Waals surface area (Å²) in [5, 5.41) is 0. The monoisotopic (exact) mass is 274 g/mol. The summed E-state index contributed by atoms with van der Waals surface area (Å²) in [7, 11) is 0. The van der Waals surface area contributed by atoms with Gasteiger partial charge in [-0.1, -0.05) is 25.1 Å². The van der Waals surface area contributed by atoms with E-state index in [1.54, 1.807) is 0 Å². The minimum Gasteiger partial charge on any atom is -0.493 e. The Morgan fingerprint density at radius 1 is 1.30 bits per heavy atom. The number of benzene rings is 1. The highest BCUT2D eigenvalue weighted by atomic mass is 16.5. The number of piperidine rings is 1. The molecule has 1 aromatic carbocycles. The molecule has 20 heavy (non-hydrogen) atoms. The number of nitrogens with two attached hydrogens (primary N) is 1. The zero-order chi connectivity index (χ0) is 13.9. The van der Waals surface area contributed by atoms with Gasteiger partial charge in [0.25, 0.3) is 0 Å². The van der Waals surface area contributed by atoms with Crippen molar-refractivity contribution in [1.29, 1.82) is 0 Å². The molecule has 2 N–H and O–H groups in total. The number of nitrogens with zero attached hydrogens (tertiary/aromatic N) is 1. The fourth-order valence-electron chi connectivity index (χ4n) is 3.61. The van der Waals surface area contributed by atoms with E-state index in [4.69, 9.17) is 10.5 Å².